The molecule has 0 radical (unpaired) electrons. The van der Waals surface area contributed by atoms with Gasteiger partial charge in [-0.2, -0.15) is 0 Å². The highest BCUT2D eigenvalue weighted by atomic mass is 15.3. The van der Waals surface area contributed by atoms with Crippen molar-refractivity contribution in [2.75, 3.05) is 27.2 Å². The summed E-state index contributed by atoms with van der Waals surface area (Å²) in [5, 5.41) is 0. The molecule has 6 saturated carbocycles. The Labute approximate surface area is 157 Å². The lowest BCUT2D eigenvalue weighted by Crippen LogP contribution is -2.54. The summed E-state index contributed by atoms with van der Waals surface area (Å²) in [4.78, 5) is 0. The summed E-state index contributed by atoms with van der Waals surface area (Å²) in [6, 6.07) is 0. The van der Waals surface area contributed by atoms with Crippen LogP contribution in [-0.4, -0.2) is 31.7 Å². The molecule has 144 valence electrons. The second-order valence-corrected chi connectivity index (χ2v) is 12.4. The quantitative estimate of drug-likeness (QED) is 0.518. The third-order valence-electron chi connectivity index (χ3n) is 10.2. The van der Waals surface area contributed by atoms with Crippen molar-refractivity contribution < 1.29 is 4.48 Å². The van der Waals surface area contributed by atoms with Crippen molar-refractivity contribution in [3.8, 4) is 0 Å². The van der Waals surface area contributed by atoms with E-state index in [0.29, 0.717) is 10.8 Å². The van der Waals surface area contributed by atoms with Gasteiger partial charge in [0, 0.05) is 0 Å². The van der Waals surface area contributed by atoms with Gasteiger partial charge in [-0.15, -0.1) is 0 Å². The fourth-order valence-corrected chi connectivity index (χ4v) is 7.76. The lowest BCUT2D eigenvalue weighted by molar-refractivity contribution is -0.891. The molecule has 6 aliphatic rings. The van der Waals surface area contributed by atoms with Crippen LogP contribution in [0.4, 0.5) is 0 Å². The van der Waals surface area contributed by atoms with E-state index in [9.17, 15) is 0 Å². The number of nitrogens with zero attached hydrogens (tertiary/aromatic N) is 1. The molecule has 1 heteroatoms. The minimum absolute atomic E-state index is 0.661. The molecule has 0 heterocycles. The van der Waals surface area contributed by atoms with E-state index in [1.54, 1.807) is 12.8 Å². The maximum absolute atomic E-state index is 2.55. The van der Waals surface area contributed by atoms with Gasteiger partial charge in [-0.05, 0) is 97.7 Å². The zero-order valence-electron chi connectivity index (χ0n) is 18.0. The molecule has 0 unspecified atom stereocenters. The monoisotopic (exact) mass is 346 g/mol. The Bertz CT molecular complexity index is 454. The van der Waals surface area contributed by atoms with Crippen molar-refractivity contribution in [2.24, 2.45) is 46.3 Å². The van der Waals surface area contributed by atoms with E-state index in [2.05, 4.69) is 41.8 Å². The zero-order chi connectivity index (χ0) is 18.0. The molecule has 0 amide bonds. The van der Waals surface area contributed by atoms with E-state index in [4.69, 9.17) is 0 Å². The first-order valence-electron chi connectivity index (χ1n) is 11.4. The van der Waals surface area contributed by atoms with Crippen molar-refractivity contribution in [3.63, 3.8) is 0 Å². The van der Waals surface area contributed by atoms with E-state index in [-0.39, 0.29) is 0 Å². The van der Waals surface area contributed by atoms with Crippen LogP contribution in [0.25, 0.3) is 0 Å². The summed E-state index contributed by atoms with van der Waals surface area (Å²) in [6.45, 7) is 13.0. The number of hydrogen-bond donors (Lipinski definition) is 0. The molecule has 1 nitrogen and oxygen atoms in total. The van der Waals surface area contributed by atoms with E-state index in [0.717, 1.165) is 35.5 Å². The largest absolute Gasteiger partial charge is 0.328 e. The standard InChI is InChI=1S/C24H44N/c1-23(2)19-9-7-17(21(23)15-19)11-13-25(5,6)14-12-18-8-10-20-16-22(18)24(20,3)4/h17-22H,7-16H2,1-6H3/q+1/t17-,18-,19-,20-,21-,22-/m1/s1. The van der Waals surface area contributed by atoms with Gasteiger partial charge in [-0.3, -0.25) is 0 Å². The molecule has 6 rings (SSSR count). The van der Waals surface area contributed by atoms with Crippen LogP contribution < -0.4 is 0 Å². The summed E-state index contributed by atoms with van der Waals surface area (Å²) < 4.78 is 1.26. The second kappa shape index (κ2) is 5.98. The van der Waals surface area contributed by atoms with E-state index in [1.807, 2.05) is 0 Å². The number of fused-ring (bicyclic) bond motifs is 4. The first-order chi connectivity index (χ1) is 11.6. The summed E-state index contributed by atoms with van der Waals surface area (Å²) in [5.74, 6) is 6.24. The average molecular weight is 347 g/mol. The molecule has 4 bridgehead atoms. The van der Waals surface area contributed by atoms with Crippen LogP contribution in [0.15, 0.2) is 0 Å². The molecule has 6 aliphatic carbocycles. The minimum Gasteiger partial charge on any atom is -0.328 e. The Kier molecular flexibility index (Phi) is 4.38. The van der Waals surface area contributed by atoms with Crippen LogP contribution in [0.5, 0.6) is 0 Å². The molecule has 0 saturated heterocycles. The van der Waals surface area contributed by atoms with Crippen LogP contribution in [0.1, 0.15) is 79.1 Å². The predicted molar refractivity (Wildman–Crippen MR) is 107 cm³/mol. The lowest BCUT2D eigenvalue weighted by atomic mass is 9.45. The summed E-state index contributed by atoms with van der Waals surface area (Å²) in [7, 11) is 5.02. The van der Waals surface area contributed by atoms with Crippen molar-refractivity contribution in [1.82, 2.24) is 0 Å². The maximum Gasteiger partial charge on any atom is 0.0785 e. The SMILES string of the molecule is CC1(C)[C@@H]2CC[C@H](CC[N+](C)(C)CC[C@H]3CC[C@@H]4C[C@H]3C4(C)C)[C@H]1C2. The molecule has 0 aromatic rings. The fraction of sp³-hybridized carbons (Fsp3) is 1.00. The Morgan fingerprint density at radius 3 is 1.40 bits per heavy atom. The van der Waals surface area contributed by atoms with Crippen molar-refractivity contribution in [2.45, 2.75) is 79.1 Å². The van der Waals surface area contributed by atoms with Gasteiger partial charge in [0.05, 0.1) is 27.2 Å². The average Bonchev–Trinajstić information content (AvgIpc) is 2.58. The minimum atomic E-state index is 0.661. The molecule has 6 atom stereocenters. The van der Waals surface area contributed by atoms with Crippen molar-refractivity contribution in [3.05, 3.63) is 0 Å². The van der Waals surface area contributed by atoms with Gasteiger partial charge in [0.15, 0.2) is 0 Å². The molecule has 6 fully saturated rings. The molecule has 25 heavy (non-hydrogen) atoms. The Balaban J connectivity index is 1.25. The van der Waals surface area contributed by atoms with E-state index < -0.39 is 0 Å². The van der Waals surface area contributed by atoms with Crippen LogP contribution in [0.3, 0.4) is 0 Å². The first kappa shape index (κ1) is 18.3. The van der Waals surface area contributed by atoms with Gasteiger partial charge >= 0.3 is 0 Å². The van der Waals surface area contributed by atoms with Crippen LogP contribution in [0, 0.1) is 46.3 Å². The lowest BCUT2D eigenvalue weighted by Gasteiger charge is -2.60. The summed E-state index contributed by atoms with van der Waals surface area (Å²) in [5.41, 5.74) is 1.32. The van der Waals surface area contributed by atoms with Crippen molar-refractivity contribution in [1.29, 1.82) is 0 Å². The van der Waals surface area contributed by atoms with Gasteiger partial charge in [0.25, 0.3) is 0 Å². The summed E-state index contributed by atoms with van der Waals surface area (Å²) >= 11 is 0. The fourth-order valence-electron chi connectivity index (χ4n) is 7.76. The predicted octanol–water partition coefficient (Wildman–Crippen LogP) is 5.99. The number of hydrogen-bond acceptors (Lipinski definition) is 0. The molecule has 0 N–H and O–H groups in total. The third-order valence-corrected chi connectivity index (χ3v) is 10.2. The molecular weight excluding hydrogens is 302 g/mol. The van der Waals surface area contributed by atoms with Gasteiger partial charge in [-0.1, -0.05) is 27.7 Å². The Morgan fingerprint density at radius 1 is 0.680 bits per heavy atom. The van der Waals surface area contributed by atoms with Crippen LogP contribution in [-0.2, 0) is 0 Å². The topological polar surface area (TPSA) is 0 Å². The first-order valence-corrected chi connectivity index (χ1v) is 11.4. The van der Waals surface area contributed by atoms with Crippen molar-refractivity contribution >= 4 is 0 Å². The molecule has 0 aromatic heterocycles. The van der Waals surface area contributed by atoms with E-state index >= 15 is 0 Å². The van der Waals surface area contributed by atoms with Gasteiger partial charge in [-0.25, -0.2) is 0 Å². The summed E-state index contributed by atoms with van der Waals surface area (Å²) in [6.07, 6.45) is 12.1. The molecule has 0 aliphatic heterocycles. The molecule has 0 spiro atoms. The maximum atomic E-state index is 2.55. The van der Waals surface area contributed by atoms with Gasteiger partial charge in [0.1, 0.15) is 0 Å². The van der Waals surface area contributed by atoms with Crippen LogP contribution >= 0.6 is 0 Å². The smallest absolute Gasteiger partial charge is 0.0785 e. The van der Waals surface area contributed by atoms with Crippen LogP contribution in [0.2, 0.25) is 0 Å². The number of rotatable bonds is 6. The zero-order valence-corrected chi connectivity index (χ0v) is 18.0. The van der Waals surface area contributed by atoms with E-state index in [1.165, 1.54) is 56.1 Å². The highest BCUT2D eigenvalue weighted by molar-refractivity contribution is 5.04. The number of quaternary nitrogens is 1. The highest BCUT2D eigenvalue weighted by Gasteiger charge is 2.55. The molecule has 0 aromatic carbocycles. The van der Waals surface area contributed by atoms with Gasteiger partial charge < -0.3 is 4.48 Å². The Hall–Kier alpha value is -0.0400. The normalized spacial score (nSPS) is 43.9. The Morgan fingerprint density at radius 2 is 1.08 bits per heavy atom. The highest BCUT2D eigenvalue weighted by Crippen LogP contribution is 2.63. The third kappa shape index (κ3) is 3.01. The van der Waals surface area contributed by atoms with Gasteiger partial charge in [0.2, 0.25) is 0 Å². The second-order valence-electron chi connectivity index (χ2n) is 12.4. The molecular formula is C24H44N+.